The zero-order valence-corrected chi connectivity index (χ0v) is 24.9. The second kappa shape index (κ2) is 14.2. The van der Waals surface area contributed by atoms with Crippen LogP contribution in [0.4, 0.5) is 17.1 Å². The number of nitrogens with zero attached hydrogens (tertiary/aromatic N) is 1. The number of aryl methyl sites for hydroxylation is 2. The van der Waals surface area contributed by atoms with Gasteiger partial charge in [0.2, 0.25) is 0 Å². The average molecular weight is 585 g/mol. The third-order valence-corrected chi connectivity index (χ3v) is 7.47. The molecule has 0 heterocycles. The molecule has 222 valence electrons. The number of para-hydroxylation sites is 1. The van der Waals surface area contributed by atoms with Crippen molar-refractivity contribution in [2.24, 2.45) is 0 Å². The van der Waals surface area contributed by atoms with E-state index in [1.165, 1.54) is 11.1 Å². The molecule has 0 aliphatic carbocycles. The molecule has 1 unspecified atom stereocenters. The quantitative estimate of drug-likeness (QED) is 0.137. The van der Waals surface area contributed by atoms with Crippen LogP contribution in [0.1, 0.15) is 32.6 Å². The fourth-order valence-corrected chi connectivity index (χ4v) is 5.01. The van der Waals surface area contributed by atoms with Gasteiger partial charge < -0.3 is 20.1 Å². The number of rotatable bonds is 13. The summed E-state index contributed by atoms with van der Waals surface area (Å²) in [5.41, 5.74) is 6.91. The van der Waals surface area contributed by atoms with Crippen LogP contribution < -0.4 is 15.0 Å². The molecule has 0 bridgehead atoms. The highest BCUT2D eigenvalue weighted by Gasteiger charge is 2.21. The molecule has 6 nitrogen and oxygen atoms in total. The van der Waals surface area contributed by atoms with E-state index in [2.05, 4.69) is 72.6 Å². The Balaban J connectivity index is 1.23. The smallest absolute Gasteiger partial charge is 0.326 e. The molecule has 0 aromatic heterocycles. The number of carbonyl (C=O) groups excluding carboxylic acids is 1. The lowest BCUT2D eigenvalue weighted by Crippen LogP contribution is -2.32. The normalized spacial score (nSPS) is 11.4. The summed E-state index contributed by atoms with van der Waals surface area (Å²) >= 11 is 0. The summed E-state index contributed by atoms with van der Waals surface area (Å²) in [6, 6.07) is 39.4. The lowest BCUT2D eigenvalue weighted by Gasteiger charge is -2.25. The van der Waals surface area contributed by atoms with Gasteiger partial charge in [0.25, 0.3) is 0 Å². The molecular formula is C38H36N2O4. The SMILES string of the molecule is Cc1ccc(N(CCOc2ccc(CC(Nc3ccccc3C(=O)c3ccccc3)C(=O)O)cc2)c2ccc(C)cc2)cc1. The van der Waals surface area contributed by atoms with Crippen LogP contribution in [0.2, 0.25) is 0 Å². The van der Waals surface area contributed by atoms with Crippen LogP contribution >= 0.6 is 0 Å². The van der Waals surface area contributed by atoms with Crippen LogP contribution in [0.5, 0.6) is 5.75 Å². The average Bonchev–Trinajstić information content (AvgIpc) is 3.05. The lowest BCUT2D eigenvalue weighted by atomic mass is 10.00. The number of anilines is 3. The predicted octanol–water partition coefficient (Wildman–Crippen LogP) is 7.86. The minimum atomic E-state index is -1.00. The number of aliphatic carboxylic acids is 1. The first kappa shape index (κ1) is 30.1. The van der Waals surface area contributed by atoms with E-state index >= 15 is 0 Å². The van der Waals surface area contributed by atoms with Gasteiger partial charge in [-0.2, -0.15) is 0 Å². The maximum atomic E-state index is 13.1. The minimum Gasteiger partial charge on any atom is -0.492 e. The monoisotopic (exact) mass is 584 g/mol. The lowest BCUT2D eigenvalue weighted by molar-refractivity contribution is -0.137. The molecule has 5 aromatic rings. The van der Waals surface area contributed by atoms with Gasteiger partial charge in [-0.15, -0.1) is 0 Å². The van der Waals surface area contributed by atoms with E-state index in [0.717, 1.165) is 16.9 Å². The predicted molar refractivity (Wildman–Crippen MR) is 176 cm³/mol. The van der Waals surface area contributed by atoms with Gasteiger partial charge in [0, 0.05) is 34.6 Å². The molecule has 0 saturated carbocycles. The zero-order chi connectivity index (χ0) is 30.9. The van der Waals surface area contributed by atoms with Crippen LogP contribution in [0.15, 0.2) is 127 Å². The fraction of sp³-hybridized carbons (Fsp3) is 0.158. The number of benzene rings is 5. The second-order valence-corrected chi connectivity index (χ2v) is 10.8. The fourth-order valence-electron chi connectivity index (χ4n) is 5.01. The molecule has 6 heteroatoms. The molecule has 1 atom stereocenters. The van der Waals surface area contributed by atoms with Crippen molar-refractivity contribution in [1.29, 1.82) is 0 Å². The van der Waals surface area contributed by atoms with E-state index in [0.29, 0.717) is 35.7 Å². The van der Waals surface area contributed by atoms with E-state index in [4.69, 9.17) is 4.74 Å². The third kappa shape index (κ3) is 7.72. The van der Waals surface area contributed by atoms with Crippen LogP contribution in [-0.4, -0.2) is 36.1 Å². The standard InChI is InChI=1S/C38H36N2O4/c1-27-12-18-31(19-13-27)40(32-20-14-28(2)15-21-32)24-25-44-33-22-16-29(17-23-33)26-36(38(42)43)39-35-11-7-6-10-34(35)37(41)30-8-4-3-5-9-30/h3-23,36,39H,24-26H2,1-2H3,(H,42,43). The van der Waals surface area contributed by atoms with Crippen molar-refractivity contribution in [3.63, 3.8) is 0 Å². The van der Waals surface area contributed by atoms with Crippen molar-refractivity contribution in [3.8, 4) is 5.75 Å². The first-order valence-corrected chi connectivity index (χ1v) is 14.7. The summed E-state index contributed by atoms with van der Waals surface area (Å²) in [5, 5.41) is 13.1. The highest BCUT2D eigenvalue weighted by atomic mass is 16.5. The van der Waals surface area contributed by atoms with Crippen molar-refractivity contribution in [2.75, 3.05) is 23.4 Å². The molecule has 5 rings (SSSR count). The van der Waals surface area contributed by atoms with E-state index < -0.39 is 12.0 Å². The van der Waals surface area contributed by atoms with Crippen molar-refractivity contribution < 1.29 is 19.4 Å². The van der Waals surface area contributed by atoms with E-state index in [9.17, 15) is 14.7 Å². The highest BCUT2D eigenvalue weighted by Crippen LogP contribution is 2.26. The number of hydrogen-bond donors (Lipinski definition) is 2. The van der Waals surface area contributed by atoms with Gasteiger partial charge in [0.15, 0.2) is 5.78 Å². The molecule has 0 amide bonds. The number of ether oxygens (including phenoxy) is 1. The number of nitrogens with one attached hydrogen (secondary N) is 1. The van der Waals surface area contributed by atoms with Crippen LogP contribution in [-0.2, 0) is 11.2 Å². The Morgan fingerprint density at radius 2 is 1.30 bits per heavy atom. The molecule has 44 heavy (non-hydrogen) atoms. The molecule has 0 fully saturated rings. The Morgan fingerprint density at radius 3 is 1.89 bits per heavy atom. The Morgan fingerprint density at radius 1 is 0.727 bits per heavy atom. The molecule has 0 aliphatic heterocycles. The molecule has 5 aromatic carbocycles. The molecule has 0 aliphatic rings. The van der Waals surface area contributed by atoms with Crippen LogP contribution in [0.25, 0.3) is 0 Å². The largest absolute Gasteiger partial charge is 0.492 e. The van der Waals surface area contributed by atoms with E-state index in [1.807, 2.05) is 30.3 Å². The van der Waals surface area contributed by atoms with Crippen LogP contribution in [0.3, 0.4) is 0 Å². The first-order chi connectivity index (χ1) is 21.4. The molecule has 2 N–H and O–H groups in total. The van der Waals surface area contributed by atoms with Crippen LogP contribution in [0, 0.1) is 13.8 Å². The van der Waals surface area contributed by atoms with E-state index in [1.54, 1.807) is 48.5 Å². The highest BCUT2D eigenvalue weighted by molar-refractivity contribution is 6.12. The van der Waals surface area contributed by atoms with Gasteiger partial charge in [0.1, 0.15) is 18.4 Å². The summed E-state index contributed by atoms with van der Waals surface area (Å²) < 4.78 is 6.10. The third-order valence-electron chi connectivity index (χ3n) is 7.47. The maximum Gasteiger partial charge on any atom is 0.326 e. The molecule has 0 spiro atoms. The van der Waals surface area contributed by atoms with Gasteiger partial charge in [-0.05, 0) is 67.9 Å². The number of carboxylic acids is 1. The van der Waals surface area contributed by atoms with Crippen molar-refractivity contribution in [1.82, 2.24) is 0 Å². The second-order valence-electron chi connectivity index (χ2n) is 10.8. The summed E-state index contributed by atoms with van der Waals surface area (Å²) in [6.45, 7) is 5.27. The van der Waals surface area contributed by atoms with Gasteiger partial charge >= 0.3 is 5.97 Å². The van der Waals surface area contributed by atoms with Gasteiger partial charge in [0.05, 0.1) is 6.54 Å². The van der Waals surface area contributed by atoms with Gasteiger partial charge in [-0.1, -0.05) is 90.0 Å². The Kier molecular flexibility index (Phi) is 9.72. The van der Waals surface area contributed by atoms with Crippen molar-refractivity contribution >= 4 is 28.8 Å². The topological polar surface area (TPSA) is 78.9 Å². The van der Waals surface area contributed by atoms with E-state index in [-0.39, 0.29) is 12.2 Å². The molecular weight excluding hydrogens is 548 g/mol. The summed E-state index contributed by atoms with van der Waals surface area (Å²) in [5.74, 6) is -0.456. The van der Waals surface area contributed by atoms with Crippen molar-refractivity contribution in [3.05, 3.63) is 155 Å². The Labute approximate surface area is 258 Å². The number of hydrogen-bond acceptors (Lipinski definition) is 5. The minimum absolute atomic E-state index is 0.164. The Bertz CT molecular complexity index is 1640. The number of carboxylic acid groups (broad SMARTS) is 1. The maximum absolute atomic E-state index is 13.1. The molecule has 0 saturated heterocycles. The first-order valence-electron chi connectivity index (χ1n) is 14.7. The number of ketones is 1. The Hall–Kier alpha value is -5.36. The number of carbonyl (C=O) groups is 2. The summed E-state index contributed by atoms with van der Waals surface area (Å²) in [7, 11) is 0. The molecule has 0 radical (unpaired) electrons. The van der Waals surface area contributed by atoms with Crippen molar-refractivity contribution in [2.45, 2.75) is 26.3 Å². The summed E-state index contributed by atoms with van der Waals surface area (Å²) in [4.78, 5) is 27.6. The zero-order valence-electron chi connectivity index (χ0n) is 24.9. The van der Waals surface area contributed by atoms with Gasteiger partial charge in [-0.3, -0.25) is 4.79 Å². The summed E-state index contributed by atoms with van der Waals surface area (Å²) in [6.07, 6.45) is 0.234. The van der Waals surface area contributed by atoms with Gasteiger partial charge in [-0.25, -0.2) is 4.79 Å².